The monoisotopic (exact) mass is 374 g/mol. The molecule has 5 nitrogen and oxygen atoms in total. The molecule has 26 heavy (non-hydrogen) atoms. The van der Waals surface area contributed by atoms with E-state index in [1.807, 2.05) is 29.2 Å². The Morgan fingerprint density at radius 1 is 0.885 bits per heavy atom. The van der Waals surface area contributed by atoms with E-state index in [1.54, 1.807) is 24.3 Å². The summed E-state index contributed by atoms with van der Waals surface area (Å²) < 4.78 is 27.4. The zero-order valence-electron chi connectivity index (χ0n) is 15.5. The Kier molecular flexibility index (Phi) is 4.99. The number of aromatic hydroxyl groups is 1. The topological polar surface area (TPSA) is 60.9 Å². The number of rotatable bonds is 3. The minimum absolute atomic E-state index is 0.00833. The molecule has 1 aliphatic heterocycles. The zero-order chi connectivity index (χ0) is 18.9. The average molecular weight is 375 g/mol. The molecule has 0 atom stereocenters. The molecule has 1 aliphatic rings. The van der Waals surface area contributed by atoms with Gasteiger partial charge in [0.15, 0.2) is 0 Å². The summed E-state index contributed by atoms with van der Waals surface area (Å²) in [6.07, 6.45) is 0. The molecule has 0 spiro atoms. The number of phenolic OH excluding ortho intramolecular Hbond substituents is 1. The second kappa shape index (κ2) is 6.93. The Labute approximate surface area is 155 Å². The van der Waals surface area contributed by atoms with E-state index in [-0.39, 0.29) is 11.2 Å². The molecule has 0 radical (unpaired) electrons. The summed E-state index contributed by atoms with van der Waals surface area (Å²) in [6.45, 7) is 8.22. The average Bonchev–Trinajstić information content (AvgIpc) is 2.62. The van der Waals surface area contributed by atoms with Crippen molar-refractivity contribution in [3.8, 4) is 5.75 Å². The number of sulfonamides is 1. The van der Waals surface area contributed by atoms with Crippen molar-refractivity contribution in [2.75, 3.05) is 31.1 Å². The predicted octanol–water partition coefficient (Wildman–Crippen LogP) is 3.20. The lowest BCUT2D eigenvalue weighted by Gasteiger charge is -2.35. The summed E-state index contributed by atoms with van der Waals surface area (Å²) in [6, 6.07) is 14.3. The molecule has 1 heterocycles. The van der Waals surface area contributed by atoms with Gasteiger partial charge in [-0.3, -0.25) is 0 Å². The lowest BCUT2D eigenvalue weighted by molar-refractivity contribution is 0.382. The first-order valence-electron chi connectivity index (χ1n) is 8.83. The molecule has 0 bridgehead atoms. The lowest BCUT2D eigenvalue weighted by Crippen LogP contribution is -2.48. The van der Waals surface area contributed by atoms with Crippen LogP contribution in [0.15, 0.2) is 53.4 Å². The van der Waals surface area contributed by atoms with Crippen molar-refractivity contribution in [1.82, 2.24) is 4.31 Å². The van der Waals surface area contributed by atoms with Crippen molar-refractivity contribution in [2.45, 2.75) is 31.1 Å². The summed E-state index contributed by atoms with van der Waals surface area (Å²) >= 11 is 0. The van der Waals surface area contributed by atoms with Crippen LogP contribution in [-0.4, -0.2) is 44.0 Å². The van der Waals surface area contributed by atoms with Crippen molar-refractivity contribution in [1.29, 1.82) is 0 Å². The highest BCUT2D eigenvalue weighted by Gasteiger charge is 2.29. The molecule has 0 aliphatic carbocycles. The molecule has 2 aromatic carbocycles. The highest BCUT2D eigenvalue weighted by atomic mass is 32.2. The molecule has 140 valence electrons. The van der Waals surface area contributed by atoms with Gasteiger partial charge in [-0.1, -0.05) is 45.0 Å². The van der Waals surface area contributed by atoms with Crippen LogP contribution < -0.4 is 4.90 Å². The van der Waals surface area contributed by atoms with Crippen molar-refractivity contribution >= 4 is 15.7 Å². The largest absolute Gasteiger partial charge is 0.506 e. The molecule has 0 aromatic heterocycles. The number of benzene rings is 2. The van der Waals surface area contributed by atoms with Crippen LogP contribution in [0.5, 0.6) is 5.75 Å². The quantitative estimate of drug-likeness (QED) is 0.896. The molecule has 0 unspecified atom stereocenters. The van der Waals surface area contributed by atoms with Crippen LogP contribution in [0.25, 0.3) is 0 Å². The molecule has 1 saturated heterocycles. The SMILES string of the molecule is CC(C)(C)c1ccc(S(=O)(=O)N2CCN(c3ccccc3O)CC2)cc1. The summed E-state index contributed by atoms with van der Waals surface area (Å²) in [7, 11) is -3.50. The highest BCUT2D eigenvalue weighted by Crippen LogP contribution is 2.29. The molecule has 0 saturated carbocycles. The van der Waals surface area contributed by atoms with Crippen molar-refractivity contribution < 1.29 is 13.5 Å². The van der Waals surface area contributed by atoms with Gasteiger partial charge in [0.05, 0.1) is 10.6 Å². The third-order valence-corrected chi connectivity index (χ3v) is 6.73. The van der Waals surface area contributed by atoms with Crippen molar-refractivity contribution in [3.63, 3.8) is 0 Å². The van der Waals surface area contributed by atoms with E-state index in [0.29, 0.717) is 31.1 Å². The number of anilines is 1. The van der Waals surface area contributed by atoms with Gasteiger partial charge in [-0.25, -0.2) is 8.42 Å². The first kappa shape index (κ1) is 18.7. The van der Waals surface area contributed by atoms with Gasteiger partial charge in [0.25, 0.3) is 0 Å². The first-order chi connectivity index (χ1) is 12.2. The summed E-state index contributed by atoms with van der Waals surface area (Å²) in [5.41, 5.74) is 1.85. The van der Waals surface area contributed by atoms with Gasteiger partial charge >= 0.3 is 0 Å². The third kappa shape index (κ3) is 3.71. The molecule has 2 aromatic rings. The van der Waals surface area contributed by atoms with Gasteiger partial charge in [-0.2, -0.15) is 4.31 Å². The number of para-hydroxylation sites is 2. The lowest BCUT2D eigenvalue weighted by atomic mass is 9.87. The molecular weight excluding hydrogens is 348 g/mol. The summed E-state index contributed by atoms with van der Waals surface area (Å²) in [5, 5.41) is 9.98. The normalized spacial score (nSPS) is 16.7. The standard InChI is InChI=1S/C20H26N2O3S/c1-20(2,3)16-8-10-17(11-9-16)26(24,25)22-14-12-21(13-15-22)18-6-4-5-7-19(18)23/h4-11,23H,12-15H2,1-3H3. The number of hydrogen-bond acceptors (Lipinski definition) is 4. The Hall–Kier alpha value is -2.05. The van der Waals surface area contributed by atoms with Crippen LogP contribution in [0.1, 0.15) is 26.3 Å². The maximum Gasteiger partial charge on any atom is 0.243 e. The van der Waals surface area contributed by atoms with Crippen LogP contribution in [0.4, 0.5) is 5.69 Å². The van der Waals surface area contributed by atoms with E-state index in [2.05, 4.69) is 20.8 Å². The highest BCUT2D eigenvalue weighted by molar-refractivity contribution is 7.89. The van der Waals surface area contributed by atoms with E-state index in [4.69, 9.17) is 0 Å². The Morgan fingerprint density at radius 3 is 2.00 bits per heavy atom. The van der Waals surface area contributed by atoms with Crippen LogP contribution in [0.2, 0.25) is 0 Å². The smallest absolute Gasteiger partial charge is 0.243 e. The molecule has 1 fully saturated rings. The first-order valence-corrected chi connectivity index (χ1v) is 10.3. The van der Waals surface area contributed by atoms with E-state index >= 15 is 0 Å². The zero-order valence-corrected chi connectivity index (χ0v) is 16.3. The van der Waals surface area contributed by atoms with Gasteiger partial charge in [-0.15, -0.1) is 0 Å². The third-order valence-electron chi connectivity index (χ3n) is 4.82. The Balaban J connectivity index is 1.73. The minimum Gasteiger partial charge on any atom is -0.506 e. The second-order valence-corrected chi connectivity index (χ2v) is 9.59. The van der Waals surface area contributed by atoms with Crippen molar-refractivity contribution in [2.24, 2.45) is 0 Å². The maximum atomic E-state index is 12.9. The fourth-order valence-corrected chi connectivity index (χ4v) is 4.60. The number of nitrogens with zero attached hydrogens (tertiary/aromatic N) is 2. The number of hydrogen-bond donors (Lipinski definition) is 1. The molecule has 3 rings (SSSR count). The maximum absolute atomic E-state index is 12.9. The van der Waals surface area contributed by atoms with Crippen LogP contribution in [0.3, 0.4) is 0 Å². The Bertz CT molecular complexity index is 863. The molecular formula is C20H26N2O3S. The van der Waals surface area contributed by atoms with Crippen LogP contribution >= 0.6 is 0 Å². The van der Waals surface area contributed by atoms with Gasteiger partial charge in [-0.05, 0) is 35.2 Å². The van der Waals surface area contributed by atoms with E-state index in [1.165, 1.54) is 4.31 Å². The fourth-order valence-electron chi connectivity index (χ4n) is 3.18. The molecule has 6 heteroatoms. The summed E-state index contributed by atoms with van der Waals surface area (Å²) in [5.74, 6) is 0.224. The summed E-state index contributed by atoms with van der Waals surface area (Å²) in [4.78, 5) is 2.35. The van der Waals surface area contributed by atoms with E-state index < -0.39 is 10.0 Å². The van der Waals surface area contributed by atoms with E-state index in [9.17, 15) is 13.5 Å². The van der Waals surface area contributed by atoms with Gasteiger partial charge in [0.1, 0.15) is 5.75 Å². The Morgan fingerprint density at radius 2 is 1.46 bits per heavy atom. The minimum atomic E-state index is -3.50. The predicted molar refractivity (Wildman–Crippen MR) is 104 cm³/mol. The molecule has 1 N–H and O–H groups in total. The molecule has 0 amide bonds. The van der Waals surface area contributed by atoms with Gasteiger partial charge in [0.2, 0.25) is 10.0 Å². The van der Waals surface area contributed by atoms with Crippen LogP contribution in [0, 0.1) is 0 Å². The number of piperazine rings is 1. The number of phenols is 1. The van der Waals surface area contributed by atoms with Gasteiger partial charge in [0, 0.05) is 26.2 Å². The second-order valence-electron chi connectivity index (χ2n) is 7.65. The van der Waals surface area contributed by atoms with Gasteiger partial charge < -0.3 is 10.0 Å². The van der Waals surface area contributed by atoms with Crippen LogP contribution in [-0.2, 0) is 15.4 Å². The fraction of sp³-hybridized carbons (Fsp3) is 0.400. The van der Waals surface area contributed by atoms with Crippen molar-refractivity contribution in [3.05, 3.63) is 54.1 Å². The van der Waals surface area contributed by atoms with E-state index in [0.717, 1.165) is 11.3 Å².